The van der Waals surface area contributed by atoms with E-state index in [2.05, 4.69) is 20.6 Å². The second kappa shape index (κ2) is 11.3. The number of H-pyrrole nitrogens is 1. The lowest BCUT2D eigenvalue weighted by Gasteiger charge is -2.18. The molecule has 1 amide bonds. The van der Waals surface area contributed by atoms with E-state index < -0.39 is 17.2 Å². The number of carbonyl (C=O) groups excluding carboxylic acids is 1. The summed E-state index contributed by atoms with van der Waals surface area (Å²) in [5, 5.41) is 6.16. The van der Waals surface area contributed by atoms with Gasteiger partial charge in [0.05, 0.1) is 30.4 Å². The maximum Gasteiger partial charge on any atom is 0.330 e. The highest BCUT2D eigenvalue weighted by Gasteiger charge is 2.18. The molecule has 0 aliphatic heterocycles. The Morgan fingerprint density at radius 1 is 1.03 bits per heavy atom. The quantitative estimate of drug-likeness (QED) is 0.306. The molecule has 0 saturated carbocycles. The summed E-state index contributed by atoms with van der Waals surface area (Å²) in [6.07, 6.45) is 1.32. The SMILES string of the molecule is COCCn1c(NC(=O)CCn2cnc3ccccc3c2=O)c(NCc2ccccc2)c(=O)[nH]c1=O. The van der Waals surface area contributed by atoms with Crippen molar-refractivity contribution in [3.05, 3.63) is 97.7 Å². The zero-order valence-electron chi connectivity index (χ0n) is 19.7. The van der Waals surface area contributed by atoms with Crippen LogP contribution in [0.4, 0.5) is 11.5 Å². The molecule has 0 fully saturated rings. The van der Waals surface area contributed by atoms with Crippen molar-refractivity contribution in [3.63, 3.8) is 0 Å². The Balaban J connectivity index is 1.58. The van der Waals surface area contributed by atoms with Crippen molar-refractivity contribution < 1.29 is 9.53 Å². The van der Waals surface area contributed by atoms with E-state index in [1.165, 1.54) is 22.6 Å². The van der Waals surface area contributed by atoms with Crippen molar-refractivity contribution in [1.82, 2.24) is 19.1 Å². The van der Waals surface area contributed by atoms with Crippen molar-refractivity contribution in [2.45, 2.75) is 26.1 Å². The van der Waals surface area contributed by atoms with E-state index in [9.17, 15) is 19.2 Å². The minimum Gasteiger partial charge on any atom is -0.383 e. The number of aryl methyl sites for hydroxylation is 1. The molecule has 4 aromatic rings. The van der Waals surface area contributed by atoms with Gasteiger partial charge in [0.2, 0.25) is 5.91 Å². The maximum absolute atomic E-state index is 12.9. The first-order valence-corrected chi connectivity index (χ1v) is 11.4. The summed E-state index contributed by atoms with van der Waals surface area (Å²) < 4.78 is 7.67. The smallest absolute Gasteiger partial charge is 0.330 e. The van der Waals surface area contributed by atoms with Crippen LogP contribution in [0.5, 0.6) is 0 Å². The third kappa shape index (κ3) is 5.58. The lowest BCUT2D eigenvalue weighted by Crippen LogP contribution is -2.36. The summed E-state index contributed by atoms with van der Waals surface area (Å²) >= 11 is 0. The van der Waals surface area contributed by atoms with Gasteiger partial charge in [0.15, 0.2) is 0 Å². The van der Waals surface area contributed by atoms with E-state index in [4.69, 9.17) is 4.74 Å². The molecule has 0 spiro atoms. The summed E-state index contributed by atoms with van der Waals surface area (Å²) in [6, 6.07) is 16.3. The highest BCUT2D eigenvalue weighted by atomic mass is 16.5. The van der Waals surface area contributed by atoms with E-state index in [0.29, 0.717) is 17.4 Å². The van der Waals surface area contributed by atoms with E-state index in [1.54, 1.807) is 24.3 Å². The van der Waals surface area contributed by atoms with Gasteiger partial charge < -0.3 is 15.4 Å². The monoisotopic (exact) mass is 490 g/mol. The standard InChI is InChI=1S/C25H26N6O5/c1-36-14-13-31-22(21(23(33)29-25(31)35)26-15-17-7-3-2-4-8-17)28-20(32)11-12-30-16-27-19-10-6-5-9-18(19)24(30)34/h2-10,16,26H,11-15H2,1H3,(H,28,32)(H,29,33,35). The summed E-state index contributed by atoms with van der Waals surface area (Å²) in [5.41, 5.74) is -0.0587. The molecule has 11 heteroatoms. The number of methoxy groups -OCH3 is 1. The van der Waals surface area contributed by atoms with Crippen molar-refractivity contribution >= 4 is 28.3 Å². The van der Waals surface area contributed by atoms with Crippen LogP contribution in [0, 0.1) is 0 Å². The molecule has 2 heterocycles. The van der Waals surface area contributed by atoms with Crippen LogP contribution < -0.4 is 27.4 Å². The lowest BCUT2D eigenvalue weighted by atomic mass is 10.2. The van der Waals surface area contributed by atoms with Gasteiger partial charge in [-0.2, -0.15) is 0 Å². The van der Waals surface area contributed by atoms with Gasteiger partial charge in [-0.3, -0.25) is 28.5 Å². The summed E-state index contributed by atoms with van der Waals surface area (Å²) in [7, 11) is 1.48. The van der Waals surface area contributed by atoms with Gasteiger partial charge in [0, 0.05) is 26.6 Å². The van der Waals surface area contributed by atoms with Gasteiger partial charge in [-0.05, 0) is 17.7 Å². The number of anilines is 2. The number of benzene rings is 2. The van der Waals surface area contributed by atoms with Crippen LogP contribution in [0.25, 0.3) is 10.9 Å². The first kappa shape index (κ1) is 24.6. The Morgan fingerprint density at radius 3 is 2.56 bits per heavy atom. The van der Waals surface area contributed by atoms with Crippen LogP contribution in [0.15, 0.2) is 75.3 Å². The molecule has 0 aliphatic carbocycles. The highest BCUT2D eigenvalue weighted by Crippen LogP contribution is 2.17. The number of rotatable bonds is 10. The van der Waals surface area contributed by atoms with Gasteiger partial charge >= 0.3 is 5.69 Å². The lowest BCUT2D eigenvalue weighted by molar-refractivity contribution is -0.116. The molecule has 186 valence electrons. The molecule has 0 saturated heterocycles. The molecule has 2 aromatic carbocycles. The molecule has 0 atom stereocenters. The van der Waals surface area contributed by atoms with Crippen molar-refractivity contribution in [1.29, 1.82) is 0 Å². The summed E-state index contributed by atoms with van der Waals surface area (Å²) in [5.74, 6) is -0.445. The Hall–Kier alpha value is -4.51. The van der Waals surface area contributed by atoms with Crippen molar-refractivity contribution in [2.75, 3.05) is 24.4 Å². The summed E-state index contributed by atoms with van der Waals surface area (Å²) in [6.45, 7) is 0.662. The predicted octanol–water partition coefficient (Wildman–Crippen LogP) is 1.53. The third-order valence-electron chi connectivity index (χ3n) is 5.60. The zero-order valence-corrected chi connectivity index (χ0v) is 19.7. The number of hydrogen-bond donors (Lipinski definition) is 3. The largest absolute Gasteiger partial charge is 0.383 e. The molecule has 0 aliphatic rings. The highest BCUT2D eigenvalue weighted by molar-refractivity contribution is 5.92. The van der Waals surface area contributed by atoms with Gasteiger partial charge in [0.25, 0.3) is 11.1 Å². The average molecular weight is 491 g/mol. The van der Waals surface area contributed by atoms with Gasteiger partial charge in [-0.15, -0.1) is 0 Å². The number of aromatic nitrogens is 4. The van der Waals surface area contributed by atoms with Crippen LogP contribution in [0.3, 0.4) is 0 Å². The number of ether oxygens (including phenoxy) is 1. The van der Waals surface area contributed by atoms with Crippen LogP contribution in [0.2, 0.25) is 0 Å². The maximum atomic E-state index is 12.9. The van der Waals surface area contributed by atoms with Crippen LogP contribution in [0.1, 0.15) is 12.0 Å². The molecule has 4 rings (SSSR count). The summed E-state index contributed by atoms with van der Waals surface area (Å²) in [4.78, 5) is 57.4. The Morgan fingerprint density at radius 2 is 1.78 bits per heavy atom. The van der Waals surface area contributed by atoms with Crippen molar-refractivity contribution in [3.8, 4) is 0 Å². The molecular weight excluding hydrogens is 464 g/mol. The first-order chi connectivity index (χ1) is 17.5. The van der Waals surface area contributed by atoms with Gasteiger partial charge in [-0.1, -0.05) is 42.5 Å². The Bertz CT molecular complexity index is 1540. The van der Waals surface area contributed by atoms with E-state index >= 15 is 0 Å². The molecule has 0 radical (unpaired) electrons. The molecule has 3 N–H and O–H groups in total. The topological polar surface area (TPSA) is 140 Å². The number of carbonyl (C=O) groups is 1. The van der Waals surface area contributed by atoms with Crippen LogP contribution >= 0.6 is 0 Å². The number of nitrogens with one attached hydrogen (secondary N) is 3. The molecule has 0 unspecified atom stereocenters. The molecule has 36 heavy (non-hydrogen) atoms. The van der Waals surface area contributed by atoms with Gasteiger partial charge in [-0.25, -0.2) is 9.78 Å². The number of nitrogens with zero attached hydrogens (tertiary/aromatic N) is 3. The fourth-order valence-electron chi connectivity index (χ4n) is 3.73. The zero-order chi connectivity index (χ0) is 25.5. The predicted molar refractivity (Wildman–Crippen MR) is 136 cm³/mol. The molecular formula is C25H26N6O5. The number of para-hydroxylation sites is 1. The van der Waals surface area contributed by atoms with E-state index in [0.717, 1.165) is 5.56 Å². The molecule has 11 nitrogen and oxygen atoms in total. The number of fused-ring (bicyclic) bond motifs is 1. The second-order valence-electron chi connectivity index (χ2n) is 8.02. The second-order valence-corrected chi connectivity index (χ2v) is 8.02. The minimum atomic E-state index is -0.674. The number of amides is 1. The third-order valence-corrected chi connectivity index (χ3v) is 5.60. The van der Waals surface area contributed by atoms with Crippen molar-refractivity contribution in [2.24, 2.45) is 0 Å². The van der Waals surface area contributed by atoms with Crippen LogP contribution in [-0.2, 0) is 29.2 Å². The van der Waals surface area contributed by atoms with Gasteiger partial charge in [0.1, 0.15) is 11.5 Å². The van der Waals surface area contributed by atoms with E-state index in [-0.39, 0.29) is 43.2 Å². The average Bonchev–Trinajstić information content (AvgIpc) is 2.88. The Labute approximate surface area is 205 Å². The first-order valence-electron chi connectivity index (χ1n) is 11.4. The van der Waals surface area contributed by atoms with Crippen LogP contribution in [-0.4, -0.2) is 38.7 Å². The molecule has 0 bridgehead atoms. The fourth-order valence-corrected chi connectivity index (χ4v) is 3.73. The fraction of sp³-hybridized carbons (Fsp3) is 0.240. The normalized spacial score (nSPS) is 10.9. The number of hydrogen-bond acceptors (Lipinski definition) is 7. The number of aromatic amines is 1. The Kier molecular flexibility index (Phi) is 7.71. The minimum absolute atomic E-state index is 0.0331. The molecule has 2 aromatic heterocycles. The van der Waals surface area contributed by atoms with E-state index in [1.807, 2.05) is 30.3 Å².